The smallest absolute Gasteiger partial charge is 0.241 e. The summed E-state index contributed by atoms with van der Waals surface area (Å²) in [7, 11) is -1.85. The molecule has 0 aromatic heterocycles. The van der Waals surface area contributed by atoms with E-state index in [1.54, 1.807) is 12.1 Å². The number of aryl methyl sites for hydroxylation is 1. The maximum atomic E-state index is 13.6. The summed E-state index contributed by atoms with van der Waals surface area (Å²) in [5.41, 5.74) is 6.56. The molecule has 9 nitrogen and oxygen atoms in total. The fourth-order valence-electron chi connectivity index (χ4n) is 6.61. The van der Waals surface area contributed by atoms with Gasteiger partial charge in [-0.3, -0.25) is 9.69 Å². The second-order valence-electron chi connectivity index (χ2n) is 14.0. The van der Waals surface area contributed by atoms with Crippen LogP contribution in [0.3, 0.4) is 0 Å². The summed E-state index contributed by atoms with van der Waals surface area (Å²) in [6, 6.07) is 41.0. The number of benzene rings is 5. The molecule has 5 atom stereocenters. The number of nitrogens with one attached hydrogen (secondary N) is 2. The van der Waals surface area contributed by atoms with Crippen molar-refractivity contribution in [1.29, 1.82) is 0 Å². The zero-order chi connectivity index (χ0) is 38.1. The zero-order valence-corrected chi connectivity index (χ0v) is 31.8. The molecule has 0 radical (unpaired) electrons. The van der Waals surface area contributed by atoms with Crippen LogP contribution >= 0.6 is 0 Å². The van der Waals surface area contributed by atoms with Crippen LogP contribution in [0, 0.1) is 6.92 Å². The van der Waals surface area contributed by atoms with Crippen molar-refractivity contribution >= 4 is 15.9 Å². The summed E-state index contributed by atoms with van der Waals surface area (Å²) in [6.45, 7) is 4.96. The van der Waals surface area contributed by atoms with E-state index < -0.39 is 28.3 Å². The number of hydrogen-bond acceptors (Lipinski definition) is 7. The van der Waals surface area contributed by atoms with E-state index in [0.29, 0.717) is 13.0 Å². The van der Waals surface area contributed by atoms with Crippen LogP contribution in [0.1, 0.15) is 70.7 Å². The number of aliphatic hydroxyl groups is 1. The van der Waals surface area contributed by atoms with Gasteiger partial charge >= 0.3 is 0 Å². The number of aliphatic hydroxyl groups excluding tert-OH is 1. The van der Waals surface area contributed by atoms with Crippen LogP contribution in [-0.2, 0) is 43.9 Å². The van der Waals surface area contributed by atoms with Gasteiger partial charge < -0.3 is 19.9 Å². The van der Waals surface area contributed by atoms with Gasteiger partial charge in [-0.1, -0.05) is 127 Å². The topological polar surface area (TPSA) is 117 Å². The summed E-state index contributed by atoms with van der Waals surface area (Å²) < 4.78 is 42.4. The van der Waals surface area contributed by atoms with E-state index in [9.17, 15) is 18.3 Å². The highest BCUT2D eigenvalue weighted by Gasteiger charge is 2.33. The van der Waals surface area contributed by atoms with Gasteiger partial charge in [-0.2, -0.15) is 4.72 Å². The van der Waals surface area contributed by atoms with Crippen molar-refractivity contribution in [3.8, 4) is 0 Å². The molecule has 0 spiro atoms. The number of ether oxygens (including phenoxy) is 2. The molecule has 1 aliphatic heterocycles. The largest absolute Gasteiger partial charge is 0.392 e. The maximum absolute atomic E-state index is 13.6. The first-order valence-corrected chi connectivity index (χ1v) is 19.8. The Morgan fingerprint density at radius 2 is 1.41 bits per heavy atom. The highest BCUT2D eigenvalue weighted by atomic mass is 32.2. The van der Waals surface area contributed by atoms with Gasteiger partial charge in [-0.25, -0.2) is 8.42 Å². The monoisotopic (exact) mass is 747 g/mol. The van der Waals surface area contributed by atoms with E-state index in [4.69, 9.17) is 9.47 Å². The zero-order valence-electron chi connectivity index (χ0n) is 31.0. The van der Waals surface area contributed by atoms with Crippen LogP contribution in [0.15, 0.2) is 138 Å². The molecule has 3 N–H and O–H groups in total. The van der Waals surface area contributed by atoms with E-state index >= 15 is 0 Å². The lowest BCUT2D eigenvalue weighted by atomic mass is 9.99. The number of amides is 1. The molecule has 1 fully saturated rings. The predicted molar refractivity (Wildman–Crippen MR) is 210 cm³/mol. The molecule has 0 aliphatic carbocycles. The van der Waals surface area contributed by atoms with E-state index in [1.807, 2.05) is 91.9 Å². The molecule has 1 saturated heterocycles. The summed E-state index contributed by atoms with van der Waals surface area (Å²) in [5.74, 6) is -0.427. The molecule has 1 amide bonds. The van der Waals surface area contributed by atoms with Gasteiger partial charge in [0.25, 0.3) is 0 Å². The molecular weight excluding hydrogens is 699 g/mol. The quantitative estimate of drug-likeness (QED) is 0.106. The van der Waals surface area contributed by atoms with Crippen LogP contribution < -0.4 is 10.0 Å². The molecule has 10 heteroatoms. The summed E-state index contributed by atoms with van der Waals surface area (Å²) in [4.78, 5) is 16.0. The van der Waals surface area contributed by atoms with Crippen molar-refractivity contribution < 1.29 is 27.8 Å². The lowest BCUT2D eigenvalue weighted by Gasteiger charge is -2.39. The summed E-state index contributed by atoms with van der Waals surface area (Å²) >= 11 is 0. The summed E-state index contributed by atoms with van der Waals surface area (Å²) in [5, 5.41) is 12.5. The fraction of sp³-hybridized carbons (Fsp3) is 0.295. The second-order valence-corrected chi connectivity index (χ2v) is 15.7. The Bertz CT molecular complexity index is 2040. The van der Waals surface area contributed by atoms with Gasteiger partial charge in [-0.05, 0) is 67.3 Å². The number of likely N-dealkylation sites (N-methyl/N-ethyl adjacent to an activating group) is 1. The highest BCUT2D eigenvalue weighted by Crippen LogP contribution is 2.38. The molecule has 0 saturated carbocycles. The normalized spacial score (nSPS) is 18.6. The lowest BCUT2D eigenvalue weighted by molar-refractivity contribution is -0.253. The van der Waals surface area contributed by atoms with E-state index in [2.05, 4.69) is 53.2 Å². The van der Waals surface area contributed by atoms with E-state index in [-0.39, 0.29) is 42.7 Å². The molecule has 5 aromatic carbocycles. The second kappa shape index (κ2) is 18.1. The lowest BCUT2D eigenvalue weighted by Crippen LogP contribution is -2.47. The van der Waals surface area contributed by atoms with Crippen LogP contribution in [0.4, 0.5) is 0 Å². The Balaban J connectivity index is 1.14. The Labute approximate surface area is 319 Å². The molecule has 0 bridgehead atoms. The third-order valence-electron chi connectivity index (χ3n) is 10.00. The standard InChI is InChI=1S/C44H49N3O6S/c1-31-14-24-40(25-15-31)54(50,51)46-41(26-33-10-6-4-7-11-33)43(49)45-28-34-16-22-38(23-17-34)44-52-39(29-47(3)32(2)36-12-8-5-9-13-36)27-42(53-44)37-20-18-35(30-48)19-21-37/h4-25,32,39,41-42,44,46,48H,26-30H2,1-3H3,(H,45,49)/t32-,39-,41+,42+,44+/m0/s1. The van der Waals surface area contributed by atoms with Crippen molar-refractivity contribution in [3.05, 3.63) is 172 Å². The first-order chi connectivity index (χ1) is 26.1. The number of carbonyl (C=O) groups excluding carboxylic acids is 1. The minimum Gasteiger partial charge on any atom is -0.392 e. The van der Waals surface area contributed by atoms with Crippen LogP contribution in [0.5, 0.6) is 0 Å². The molecule has 0 unspecified atom stereocenters. The SMILES string of the molecule is Cc1ccc(S(=O)(=O)N[C@H](Cc2ccccc2)C(=O)NCc2ccc([C@@H]3O[C@H](CN(C)[C@@H](C)c4ccccc4)C[C@H](c4ccc(CO)cc4)O3)cc2)cc1. The third-order valence-corrected chi connectivity index (χ3v) is 11.5. The van der Waals surface area contributed by atoms with E-state index in [0.717, 1.165) is 33.4 Å². The molecule has 282 valence electrons. The minimum absolute atomic E-state index is 0.0220. The first kappa shape index (κ1) is 39.0. The van der Waals surface area contributed by atoms with Gasteiger partial charge in [0.2, 0.25) is 15.9 Å². The summed E-state index contributed by atoms with van der Waals surface area (Å²) in [6.07, 6.45) is -0.0975. The van der Waals surface area contributed by atoms with Crippen LogP contribution in [0.25, 0.3) is 0 Å². The third kappa shape index (κ3) is 10.3. The maximum Gasteiger partial charge on any atom is 0.241 e. The number of sulfonamides is 1. The van der Waals surface area contributed by atoms with Crippen LogP contribution in [0.2, 0.25) is 0 Å². The van der Waals surface area contributed by atoms with Gasteiger partial charge in [0.1, 0.15) is 6.04 Å². The van der Waals surface area contributed by atoms with Crippen molar-refractivity contribution in [3.63, 3.8) is 0 Å². The average molecular weight is 748 g/mol. The Hall–Kier alpha value is -4.68. The molecule has 6 rings (SSSR count). The number of carbonyl (C=O) groups is 1. The molecule has 1 aliphatic rings. The van der Waals surface area contributed by atoms with Gasteiger partial charge in [-0.15, -0.1) is 0 Å². The highest BCUT2D eigenvalue weighted by molar-refractivity contribution is 7.89. The van der Waals surface area contributed by atoms with Crippen molar-refractivity contribution in [2.45, 2.75) is 75.3 Å². The van der Waals surface area contributed by atoms with Gasteiger partial charge in [0, 0.05) is 31.1 Å². The van der Waals surface area contributed by atoms with Gasteiger partial charge in [0.05, 0.1) is 23.7 Å². The Morgan fingerprint density at radius 1 is 0.796 bits per heavy atom. The van der Waals surface area contributed by atoms with E-state index in [1.165, 1.54) is 17.7 Å². The Kier molecular flexibility index (Phi) is 13.1. The number of nitrogens with zero attached hydrogens (tertiary/aromatic N) is 1. The van der Waals surface area contributed by atoms with Crippen molar-refractivity contribution in [2.75, 3.05) is 13.6 Å². The van der Waals surface area contributed by atoms with Crippen molar-refractivity contribution in [2.24, 2.45) is 0 Å². The molecule has 54 heavy (non-hydrogen) atoms. The fourth-order valence-corrected chi connectivity index (χ4v) is 7.81. The molecule has 1 heterocycles. The predicted octanol–water partition coefficient (Wildman–Crippen LogP) is 6.93. The average Bonchev–Trinajstić information content (AvgIpc) is 3.20. The van der Waals surface area contributed by atoms with Crippen LogP contribution in [-0.4, -0.2) is 50.1 Å². The minimum atomic E-state index is -3.95. The van der Waals surface area contributed by atoms with Crippen molar-refractivity contribution in [1.82, 2.24) is 14.9 Å². The first-order valence-electron chi connectivity index (χ1n) is 18.3. The van der Waals surface area contributed by atoms with Gasteiger partial charge in [0.15, 0.2) is 6.29 Å². The molecular formula is C44H49N3O6S. The Morgan fingerprint density at radius 3 is 2.06 bits per heavy atom. The molecule has 5 aromatic rings. The number of hydrogen-bond donors (Lipinski definition) is 3. The number of rotatable bonds is 15.